The van der Waals surface area contributed by atoms with Gasteiger partial charge in [-0.2, -0.15) is 0 Å². The fraction of sp³-hybridized carbons (Fsp3) is 0.318. The lowest BCUT2D eigenvalue weighted by molar-refractivity contribution is 0.240. The third-order valence-corrected chi connectivity index (χ3v) is 4.52. The monoisotopic (exact) mass is 373 g/mol. The molecule has 1 aromatic heterocycles. The fourth-order valence-corrected chi connectivity index (χ4v) is 2.99. The number of para-hydroxylation sites is 1. The van der Waals surface area contributed by atoms with E-state index in [2.05, 4.69) is 11.9 Å². The molecule has 0 spiro atoms. The third-order valence-electron chi connectivity index (χ3n) is 4.52. The number of unbranched alkanes of at least 4 members (excludes halogenated alkanes) is 2. The smallest absolute Gasteiger partial charge is 0.194 e. The van der Waals surface area contributed by atoms with Gasteiger partial charge in [0, 0.05) is 17.5 Å². The molecule has 0 amide bonds. The molecule has 4 radical (unpaired) electrons. The summed E-state index contributed by atoms with van der Waals surface area (Å²) in [6, 6.07) is 12.0. The molecule has 0 N–H and O–H groups in total. The van der Waals surface area contributed by atoms with Crippen LogP contribution in [0.4, 0.5) is 4.39 Å². The fourth-order valence-electron chi connectivity index (χ4n) is 2.99. The first-order valence-electron chi connectivity index (χ1n) is 9.48. The Morgan fingerprint density at radius 1 is 1.11 bits per heavy atom. The Balaban J connectivity index is 1.86. The van der Waals surface area contributed by atoms with E-state index in [4.69, 9.17) is 24.8 Å². The van der Waals surface area contributed by atoms with Crippen molar-refractivity contribution in [3.63, 3.8) is 0 Å². The van der Waals surface area contributed by atoms with Crippen molar-refractivity contribution in [2.75, 3.05) is 0 Å². The van der Waals surface area contributed by atoms with Gasteiger partial charge in [-0.25, -0.2) is 9.37 Å². The van der Waals surface area contributed by atoms with E-state index < -0.39 is 5.40 Å². The molecule has 0 aliphatic rings. The number of aromatic nitrogens is 1. The Bertz CT molecular complexity index is 940. The topological polar surface area (TPSA) is 35.3 Å². The minimum atomic E-state index is -1.71. The van der Waals surface area contributed by atoms with Crippen molar-refractivity contribution >= 4 is 15.7 Å². The predicted octanol–water partition coefficient (Wildman–Crippen LogP) is 5.05. The highest BCUT2D eigenvalue weighted by atomic mass is 19.1. The van der Waals surface area contributed by atoms with E-state index >= 15 is 0 Å². The highest BCUT2D eigenvalue weighted by Gasteiger charge is 2.27. The Morgan fingerprint density at radius 3 is 2.68 bits per heavy atom. The minimum Gasteiger partial charge on any atom is -0.500 e. The van der Waals surface area contributed by atoms with Gasteiger partial charge in [-0.1, -0.05) is 49.6 Å². The minimum absolute atomic E-state index is 0.290. The number of ether oxygens (including phenoxy) is 1. The maximum absolute atomic E-state index is 14.4. The van der Waals surface area contributed by atoms with Crippen molar-refractivity contribution < 1.29 is 13.5 Å². The zero-order valence-corrected chi connectivity index (χ0v) is 16.2. The average molecular weight is 373 g/mol. The van der Waals surface area contributed by atoms with E-state index in [1.165, 1.54) is 12.3 Å². The van der Waals surface area contributed by atoms with E-state index in [1.54, 1.807) is 36.4 Å². The van der Waals surface area contributed by atoms with Gasteiger partial charge < -0.3 is 9.15 Å². The summed E-state index contributed by atoms with van der Waals surface area (Å²) < 4.78 is 25.7. The van der Waals surface area contributed by atoms with E-state index in [0.717, 1.165) is 31.2 Å². The largest absolute Gasteiger partial charge is 0.500 e. The van der Waals surface area contributed by atoms with Crippen LogP contribution in [0.25, 0.3) is 11.1 Å². The van der Waals surface area contributed by atoms with Gasteiger partial charge in [0.25, 0.3) is 0 Å². The lowest BCUT2D eigenvalue weighted by atomic mass is 9.63. The van der Waals surface area contributed by atoms with Crippen molar-refractivity contribution in [2.24, 2.45) is 0 Å². The van der Waals surface area contributed by atoms with Crippen molar-refractivity contribution in [2.45, 2.75) is 44.9 Å². The molecule has 1 heterocycles. The van der Waals surface area contributed by atoms with Crippen LogP contribution < -0.4 is 4.74 Å². The third kappa shape index (κ3) is 4.67. The number of halogens is 1. The molecule has 0 fully saturated rings. The molecule has 0 saturated carbocycles. The van der Waals surface area contributed by atoms with Gasteiger partial charge in [0.15, 0.2) is 5.89 Å². The quantitative estimate of drug-likeness (QED) is 0.410. The molecule has 2 aromatic carbocycles. The molecule has 0 saturated heterocycles. The Morgan fingerprint density at radius 2 is 1.89 bits per heavy atom. The molecule has 0 aliphatic heterocycles. The van der Waals surface area contributed by atoms with Crippen molar-refractivity contribution in [3.05, 3.63) is 71.7 Å². The molecule has 3 rings (SSSR count). The van der Waals surface area contributed by atoms with Gasteiger partial charge in [0.1, 0.15) is 39.2 Å². The molecule has 3 nitrogen and oxygen atoms in total. The lowest BCUT2D eigenvalue weighted by Crippen LogP contribution is -2.34. The molecular weight excluding hydrogens is 351 g/mol. The molecule has 3 aromatic rings. The molecule has 0 aliphatic carbocycles. The van der Waals surface area contributed by atoms with Gasteiger partial charge >= 0.3 is 0 Å². The summed E-state index contributed by atoms with van der Waals surface area (Å²) in [5.74, 6) is 0.596. The first-order chi connectivity index (χ1) is 13.4. The van der Waals surface area contributed by atoms with Crippen molar-refractivity contribution in [1.82, 2.24) is 4.98 Å². The summed E-state index contributed by atoms with van der Waals surface area (Å²) in [5, 5.41) is -1.71. The number of nitrogens with zero attached hydrogens (tertiary/aromatic N) is 1. The predicted molar refractivity (Wildman–Crippen MR) is 110 cm³/mol. The van der Waals surface area contributed by atoms with Crippen molar-refractivity contribution in [3.8, 4) is 16.9 Å². The molecular formula is C22H22B2FNO2. The summed E-state index contributed by atoms with van der Waals surface area (Å²) in [4.78, 5) is 4.37. The number of aryl methyl sites for hydroxylation is 2. The molecule has 140 valence electrons. The Kier molecular flexibility index (Phi) is 6.28. The van der Waals surface area contributed by atoms with E-state index in [1.807, 2.05) is 6.92 Å². The van der Waals surface area contributed by atoms with Crippen molar-refractivity contribution in [1.29, 1.82) is 0 Å². The first kappa shape index (κ1) is 20.2. The van der Waals surface area contributed by atoms with Gasteiger partial charge in [0.2, 0.25) is 0 Å². The van der Waals surface area contributed by atoms with Crippen LogP contribution in [0.1, 0.15) is 43.3 Å². The van der Waals surface area contributed by atoms with Crippen LogP contribution in [0.3, 0.4) is 0 Å². The first-order valence-corrected chi connectivity index (χ1v) is 9.48. The Hall–Kier alpha value is -2.49. The van der Waals surface area contributed by atoms with Gasteiger partial charge in [-0.3, -0.25) is 0 Å². The zero-order valence-electron chi connectivity index (χ0n) is 16.2. The summed E-state index contributed by atoms with van der Waals surface area (Å²) >= 11 is 0. The number of oxazole rings is 1. The molecule has 0 unspecified atom stereocenters. The molecule has 6 heteroatoms. The average Bonchev–Trinajstić information content (AvgIpc) is 3.14. The van der Waals surface area contributed by atoms with Crippen LogP contribution in [0.15, 0.2) is 53.1 Å². The van der Waals surface area contributed by atoms with Crippen LogP contribution in [0.2, 0.25) is 0 Å². The number of hydrogen-bond donors (Lipinski definition) is 0. The summed E-state index contributed by atoms with van der Waals surface area (Å²) in [6.45, 7) is 4.03. The SMILES string of the molecule is [B]C([B])(Oc1ccccc1-c1cc(C)ccc1F)c1coc(CCCCC)n1. The van der Waals surface area contributed by atoms with Crippen LogP contribution in [-0.2, 0) is 11.8 Å². The normalized spacial score (nSPS) is 11.5. The second-order valence-electron chi connectivity index (χ2n) is 6.96. The van der Waals surface area contributed by atoms with Crippen LogP contribution in [0, 0.1) is 12.7 Å². The zero-order chi connectivity index (χ0) is 20.1. The summed E-state index contributed by atoms with van der Waals surface area (Å²) in [5.41, 5.74) is 2.21. The lowest BCUT2D eigenvalue weighted by Gasteiger charge is -2.27. The maximum Gasteiger partial charge on any atom is 0.194 e. The maximum atomic E-state index is 14.4. The number of hydrogen-bond acceptors (Lipinski definition) is 3. The van der Waals surface area contributed by atoms with E-state index in [-0.39, 0.29) is 5.82 Å². The standard InChI is InChI=1S/C22H22B2FNO2/c1-3-4-5-10-21-26-20(14-27-21)22(23,24)28-19-9-7-6-8-16(19)17-13-15(2)11-12-18(17)25/h6-9,11-14H,3-5,10H2,1-2H3. The van der Waals surface area contributed by atoms with E-state index in [9.17, 15) is 4.39 Å². The molecule has 0 bridgehead atoms. The van der Waals surface area contributed by atoms with Gasteiger partial charge in [-0.05, 0) is 31.5 Å². The molecule has 0 atom stereocenters. The number of benzene rings is 2. The Labute approximate surface area is 168 Å². The van der Waals surface area contributed by atoms with Crippen LogP contribution in [-0.4, -0.2) is 20.7 Å². The highest BCUT2D eigenvalue weighted by Crippen LogP contribution is 2.35. The second-order valence-corrected chi connectivity index (χ2v) is 6.96. The van der Waals surface area contributed by atoms with E-state index in [0.29, 0.717) is 28.5 Å². The summed E-state index contributed by atoms with van der Waals surface area (Å²) in [7, 11) is 12.4. The van der Waals surface area contributed by atoms with Gasteiger partial charge in [0.05, 0.1) is 5.40 Å². The summed E-state index contributed by atoms with van der Waals surface area (Å²) in [6.07, 6.45) is 5.32. The molecule has 28 heavy (non-hydrogen) atoms. The second kappa shape index (κ2) is 8.68. The van der Waals surface area contributed by atoms with Crippen LogP contribution >= 0.6 is 0 Å². The number of rotatable bonds is 8. The van der Waals surface area contributed by atoms with Crippen LogP contribution in [0.5, 0.6) is 5.75 Å². The highest BCUT2D eigenvalue weighted by molar-refractivity contribution is 6.38. The van der Waals surface area contributed by atoms with Gasteiger partial charge in [-0.15, -0.1) is 0 Å².